The summed E-state index contributed by atoms with van der Waals surface area (Å²) in [6, 6.07) is 11.5. The molecule has 2 aromatic rings. The Hall–Kier alpha value is -2.55. The fourth-order valence-electron chi connectivity index (χ4n) is 2.08. The van der Waals surface area contributed by atoms with E-state index < -0.39 is 24.1 Å². The molecule has 0 aliphatic rings. The largest absolute Gasteiger partial charge is 0.480 e. The van der Waals surface area contributed by atoms with E-state index in [0.29, 0.717) is 17.1 Å². The van der Waals surface area contributed by atoms with Crippen LogP contribution in [0.5, 0.6) is 11.5 Å². The first kappa shape index (κ1) is 19.8. The number of amides is 1. The van der Waals surface area contributed by atoms with Crippen LogP contribution >= 0.6 is 15.9 Å². The molecule has 2 rings (SSSR count). The number of hydrogen-bond donors (Lipinski definition) is 2. The molecule has 0 aliphatic heterocycles. The van der Waals surface area contributed by atoms with E-state index in [0.717, 1.165) is 4.47 Å². The normalized spacial score (nSPS) is 12.3. The lowest BCUT2D eigenvalue weighted by atomic mass is 10.1. The highest BCUT2D eigenvalue weighted by molar-refractivity contribution is 9.10. The molecule has 1 atom stereocenters. The molecule has 0 aliphatic carbocycles. The fourth-order valence-corrected chi connectivity index (χ4v) is 2.46. The van der Waals surface area contributed by atoms with Crippen molar-refractivity contribution in [3.63, 3.8) is 0 Å². The Morgan fingerprint density at radius 1 is 1.12 bits per heavy atom. The van der Waals surface area contributed by atoms with E-state index in [1.165, 1.54) is 17.4 Å². The number of carbonyl (C=O) groups is 2. The van der Waals surface area contributed by atoms with Gasteiger partial charge in [0.15, 0.2) is 0 Å². The van der Waals surface area contributed by atoms with Crippen LogP contribution in [0.25, 0.3) is 0 Å². The third-order valence-electron chi connectivity index (χ3n) is 3.23. The number of carboxylic acid groups (broad SMARTS) is 1. The van der Waals surface area contributed by atoms with Gasteiger partial charge >= 0.3 is 18.1 Å². The Kier molecular flexibility index (Phi) is 6.25. The van der Waals surface area contributed by atoms with Crippen LogP contribution in [-0.2, 0) is 16.0 Å². The topological polar surface area (TPSA) is 75.6 Å². The Morgan fingerprint density at radius 3 is 2.31 bits per heavy atom. The number of ether oxygens (including phenoxy) is 1. The second kappa shape index (κ2) is 8.22. The van der Waals surface area contributed by atoms with E-state index in [1.54, 1.807) is 30.3 Å². The minimum atomic E-state index is -5.15. The van der Waals surface area contributed by atoms with Crippen molar-refractivity contribution in [2.75, 3.05) is 0 Å². The van der Waals surface area contributed by atoms with E-state index in [1.807, 2.05) is 6.07 Å². The first-order valence-corrected chi connectivity index (χ1v) is 8.07. The van der Waals surface area contributed by atoms with E-state index in [2.05, 4.69) is 15.9 Å². The molecule has 9 heteroatoms. The van der Waals surface area contributed by atoms with Crippen LogP contribution in [0.4, 0.5) is 13.2 Å². The Balaban J connectivity index is 2.12. The minimum absolute atomic E-state index is 0.327. The minimum Gasteiger partial charge on any atom is -0.480 e. The average molecular weight is 432 g/mol. The van der Waals surface area contributed by atoms with E-state index in [-0.39, 0.29) is 6.42 Å². The van der Waals surface area contributed by atoms with Crippen molar-refractivity contribution in [1.82, 2.24) is 5.32 Å². The maximum absolute atomic E-state index is 12.3. The summed E-state index contributed by atoms with van der Waals surface area (Å²) < 4.78 is 43.4. The maximum Gasteiger partial charge on any atom is 0.471 e. The highest BCUT2D eigenvalue weighted by Gasteiger charge is 2.40. The van der Waals surface area contributed by atoms with Gasteiger partial charge in [-0.3, -0.25) is 4.79 Å². The van der Waals surface area contributed by atoms with Crippen LogP contribution in [0.2, 0.25) is 0 Å². The molecule has 0 aromatic heterocycles. The average Bonchev–Trinajstić information content (AvgIpc) is 2.53. The zero-order valence-corrected chi connectivity index (χ0v) is 14.7. The highest BCUT2D eigenvalue weighted by Crippen LogP contribution is 2.25. The SMILES string of the molecule is O=C(O)[C@H](Cc1cccc(Oc2cccc(Br)c2)c1)NC(=O)C(F)(F)F. The van der Waals surface area contributed by atoms with Crippen LogP contribution < -0.4 is 10.1 Å². The number of aliphatic carboxylic acids is 1. The summed E-state index contributed by atoms with van der Waals surface area (Å²) in [6.07, 6.45) is -5.48. The van der Waals surface area contributed by atoms with Crippen LogP contribution in [-0.4, -0.2) is 29.2 Å². The highest BCUT2D eigenvalue weighted by atomic mass is 79.9. The molecule has 1 amide bonds. The number of alkyl halides is 3. The summed E-state index contributed by atoms with van der Waals surface area (Å²) in [5.41, 5.74) is 0.396. The smallest absolute Gasteiger partial charge is 0.471 e. The molecule has 0 unspecified atom stereocenters. The molecule has 0 bridgehead atoms. The molecule has 2 aromatic carbocycles. The standard InChI is InChI=1S/C17H13BrF3NO4/c18-11-4-2-6-13(9-11)26-12-5-1-3-10(7-12)8-14(15(23)24)22-16(25)17(19,20)21/h1-7,9,14H,8H2,(H,22,25)(H,23,24)/t14-/m0/s1. The molecule has 0 radical (unpaired) electrons. The van der Waals surface area contributed by atoms with Crippen molar-refractivity contribution in [3.05, 3.63) is 58.6 Å². The molecular weight excluding hydrogens is 419 g/mol. The van der Waals surface area contributed by atoms with Gasteiger partial charge in [0.05, 0.1) is 0 Å². The molecule has 0 spiro atoms. The zero-order chi connectivity index (χ0) is 19.3. The van der Waals surface area contributed by atoms with E-state index in [9.17, 15) is 22.8 Å². The lowest BCUT2D eigenvalue weighted by molar-refractivity contribution is -0.175. The van der Waals surface area contributed by atoms with E-state index >= 15 is 0 Å². The van der Waals surface area contributed by atoms with Crippen LogP contribution in [0.15, 0.2) is 53.0 Å². The predicted molar refractivity (Wildman–Crippen MR) is 90.0 cm³/mol. The van der Waals surface area contributed by atoms with Crippen molar-refractivity contribution < 1.29 is 32.6 Å². The van der Waals surface area contributed by atoms with Crippen molar-refractivity contribution in [1.29, 1.82) is 0 Å². The number of hydrogen-bond acceptors (Lipinski definition) is 3. The third-order valence-corrected chi connectivity index (χ3v) is 3.72. The molecule has 0 heterocycles. The summed E-state index contributed by atoms with van der Waals surface area (Å²) in [4.78, 5) is 22.1. The number of benzene rings is 2. The number of carbonyl (C=O) groups excluding carboxylic acids is 1. The summed E-state index contributed by atoms with van der Waals surface area (Å²) in [6.45, 7) is 0. The number of carboxylic acids is 1. The van der Waals surface area contributed by atoms with Gasteiger partial charge in [0, 0.05) is 10.9 Å². The van der Waals surface area contributed by atoms with Crippen LogP contribution in [0.3, 0.4) is 0 Å². The summed E-state index contributed by atoms with van der Waals surface area (Å²) in [5.74, 6) is -2.96. The monoisotopic (exact) mass is 431 g/mol. The first-order chi connectivity index (χ1) is 12.1. The lowest BCUT2D eigenvalue weighted by Crippen LogP contribution is -2.47. The predicted octanol–water partition coefficient (Wildman–Crippen LogP) is 3.92. The van der Waals surface area contributed by atoms with Gasteiger partial charge in [-0.05, 0) is 35.9 Å². The number of halogens is 4. The van der Waals surface area contributed by atoms with Gasteiger partial charge in [-0.1, -0.05) is 34.1 Å². The molecule has 138 valence electrons. The van der Waals surface area contributed by atoms with Gasteiger partial charge in [0.25, 0.3) is 0 Å². The molecule has 2 N–H and O–H groups in total. The van der Waals surface area contributed by atoms with Gasteiger partial charge in [-0.2, -0.15) is 13.2 Å². The van der Waals surface area contributed by atoms with Crippen molar-refractivity contribution in [2.24, 2.45) is 0 Å². The third kappa shape index (κ3) is 5.76. The van der Waals surface area contributed by atoms with Crippen molar-refractivity contribution in [3.8, 4) is 11.5 Å². The first-order valence-electron chi connectivity index (χ1n) is 7.28. The summed E-state index contributed by atoms with van der Waals surface area (Å²) in [5, 5.41) is 10.5. The van der Waals surface area contributed by atoms with Gasteiger partial charge in [0.2, 0.25) is 0 Å². The summed E-state index contributed by atoms with van der Waals surface area (Å²) in [7, 11) is 0. The van der Waals surface area contributed by atoms with Crippen LogP contribution in [0, 0.1) is 0 Å². The molecule has 5 nitrogen and oxygen atoms in total. The Labute approximate surface area is 154 Å². The van der Waals surface area contributed by atoms with Gasteiger partial charge in [-0.25, -0.2) is 4.79 Å². The van der Waals surface area contributed by atoms with Crippen molar-refractivity contribution >= 4 is 27.8 Å². The molecule has 0 saturated carbocycles. The van der Waals surface area contributed by atoms with E-state index in [4.69, 9.17) is 9.84 Å². The molecule has 0 fully saturated rings. The summed E-state index contributed by atoms with van der Waals surface area (Å²) >= 11 is 3.30. The quantitative estimate of drug-likeness (QED) is 0.726. The number of rotatable bonds is 6. The van der Waals surface area contributed by atoms with Crippen molar-refractivity contribution in [2.45, 2.75) is 18.6 Å². The fraction of sp³-hybridized carbons (Fsp3) is 0.176. The Morgan fingerprint density at radius 2 is 1.73 bits per heavy atom. The molecule has 26 heavy (non-hydrogen) atoms. The lowest BCUT2D eigenvalue weighted by Gasteiger charge is -2.16. The van der Waals surface area contributed by atoms with Gasteiger partial charge in [-0.15, -0.1) is 0 Å². The molecule has 0 saturated heterocycles. The second-order valence-corrected chi connectivity index (χ2v) is 6.19. The second-order valence-electron chi connectivity index (χ2n) is 5.27. The van der Waals surface area contributed by atoms with Gasteiger partial charge in [0.1, 0.15) is 17.5 Å². The zero-order valence-electron chi connectivity index (χ0n) is 13.1. The van der Waals surface area contributed by atoms with Gasteiger partial charge < -0.3 is 15.2 Å². The number of nitrogens with one attached hydrogen (secondary N) is 1. The molecular formula is C17H13BrF3NO4. The van der Waals surface area contributed by atoms with Crippen LogP contribution in [0.1, 0.15) is 5.56 Å². The maximum atomic E-state index is 12.3. The Bertz CT molecular complexity index is 811.